The Bertz CT molecular complexity index is 323. The Morgan fingerprint density at radius 3 is 2.50 bits per heavy atom. The summed E-state index contributed by atoms with van der Waals surface area (Å²) in [5, 5.41) is 0.00247. The molecule has 1 aromatic rings. The SMILES string of the molecule is O=C(OC1CCC1Cl)c1ccccc1. The Morgan fingerprint density at radius 2 is 2.00 bits per heavy atom. The highest BCUT2D eigenvalue weighted by atomic mass is 35.5. The van der Waals surface area contributed by atoms with Crippen molar-refractivity contribution in [3.8, 4) is 0 Å². The van der Waals surface area contributed by atoms with Gasteiger partial charge in [0, 0.05) is 0 Å². The number of carbonyl (C=O) groups is 1. The molecule has 0 spiro atoms. The van der Waals surface area contributed by atoms with Crippen LogP contribution >= 0.6 is 11.6 Å². The summed E-state index contributed by atoms with van der Waals surface area (Å²) in [4.78, 5) is 11.5. The van der Waals surface area contributed by atoms with E-state index >= 15 is 0 Å². The first-order chi connectivity index (χ1) is 6.77. The van der Waals surface area contributed by atoms with Crippen LogP contribution in [0.15, 0.2) is 30.3 Å². The smallest absolute Gasteiger partial charge is 0.338 e. The lowest BCUT2D eigenvalue weighted by molar-refractivity contribution is 0.0109. The molecule has 0 bridgehead atoms. The molecule has 0 N–H and O–H groups in total. The van der Waals surface area contributed by atoms with Gasteiger partial charge in [0.1, 0.15) is 6.10 Å². The second-order valence-electron chi connectivity index (χ2n) is 3.40. The lowest BCUT2D eigenvalue weighted by Gasteiger charge is -2.30. The van der Waals surface area contributed by atoms with Gasteiger partial charge in [-0.15, -0.1) is 11.6 Å². The summed E-state index contributed by atoms with van der Waals surface area (Å²) in [6, 6.07) is 8.98. The molecule has 1 fully saturated rings. The molecule has 1 aromatic carbocycles. The van der Waals surface area contributed by atoms with E-state index in [1.807, 2.05) is 18.2 Å². The van der Waals surface area contributed by atoms with Crippen LogP contribution in [-0.2, 0) is 4.74 Å². The van der Waals surface area contributed by atoms with Crippen LogP contribution in [0.4, 0.5) is 0 Å². The number of hydrogen-bond donors (Lipinski definition) is 0. The van der Waals surface area contributed by atoms with Crippen molar-refractivity contribution in [2.24, 2.45) is 0 Å². The first-order valence-electron chi connectivity index (χ1n) is 4.67. The molecule has 2 atom stereocenters. The summed E-state index contributed by atoms with van der Waals surface area (Å²) >= 11 is 5.87. The highest BCUT2D eigenvalue weighted by Crippen LogP contribution is 2.29. The third kappa shape index (κ3) is 1.90. The van der Waals surface area contributed by atoms with Crippen molar-refractivity contribution in [2.75, 3.05) is 0 Å². The van der Waals surface area contributed by atoms with E-state index in [-0.39, 0.29) is 17.5 Å². The number of alkyl halides is 1. The highest BCUT2D eigenvalue weighted by Gasteiger charge is 2.32. The van der Waals surface area contributed by atoms with E-state index in [0.29, 0.717) is 5.56 Å². The number of hydrogen-bond acceptors (Lipinski definition) is 2. The minimum Gasteiger partial charge on any atom is -0.457 e. The van der Waals surface area contributed by atoms with E-state index in [9.17, 15) is 4.79 Å². The molecule has 0 amide bonds. The average Bonchev–Trinajstić information content (AvgIpc) is 2.24. The quantitative estimate of drug-likeness (QED) is 0.554. The van der Waals surface area contributed by atoms with E-state index in [0.717, 1.165) is 12.8 Å². The predicted molar refractivity (Wildman–Crippen MR) is 54.5 cm³/mol. The maximum atomic E-state index is 11.5. The number of halogens is 1. The number of ether oxygens (including phenoxy) is 1. The highest BCUT2D eigenvalue weighted by molar-refractivity contribution is 6.21. The number of benzene rings is 1. The van der Waals surface area contributed by atoms with Crippen molar-refractivity contribution in [3.63, 3.8) is 0 Å². The van der Waals surface area contributed by atoms with Gasteiger partial charge in [-0.2, -0.15) is 0 Å². The van der Waals surface area contributed by atoms with Crippen LogP contribution in [0.1, 0.15) is 23.2 Å². The third-order valence-corrected chi connectivity index (χ3v) is 2.90. The van der Waals surface area contributed by atoms with Crippen molar-refractivity contribution in [2.45, 2.75) is 24.3 Å². The van der Waals surface area contributed by atoms with Gasteiger partial charge in [-0.05, 0) is 25.0 Å². The molecule has 0 aromatic heterocycles. The van der Waals surface area contributed by atoms with E-state index in [1.165, 1.54) is 0 Å². The molecule has 1 aliphatic carbocycles. The number of esters is 1. The number of rotatable bonds is 2. The van der Waals surface area contributed by atoms with E-state index < -0.39 is 0 Å². The number of carbonyl (C=O) groups excluding carboxylic acids is 1. The van der Waals surface area contributed by atoms with E-state index in [2.05, 4.69) is 0 Å². The molecule has 3 heteroatoms. The first kappa shape index (κ1) is 9.53. The molecule has 2 rings (SSSR count). The third-order valence-electron chi connectivity index (χ3n) is 2.40. The second-order valence-corrected chi connectivity index (χ2v) is 3.96. The van der Waals surface area contributed by atoms with Crippen LogP contribution in [0.5, 0.6) is 0 Å². The van der Waals surface area contributed by atoms with Gasteiger partial charge in [0.25, 0.3) is 0 Å². The van der Waals surface area contributed by atoms with Crippen LogP contribution < -0.4 is 0 Å². The van der Waals surface area contributed by atoms with Crippen molar-refractivity contribution in [1.29, 1.82) is 0 Å². The van der Waals surface area contributed by atoms with Crippen LogP contribution in [0.2, 0.25) is 0 Å². The summed E-state index contributed by atoms with van der Waals surface area (Å²) in [7, 11) is 0. The zero-order valence-electron chi connectivity index (χ0n) is 7.65. The predicted octanol–water partition coefficient (Wildman–Crippen LogP) is 2.61. The maximum Gasteiger partial charge on any atom is 0.338 e. The fraction of sp³-hybridized carbons (Fsp3) is 0.364. The molecule has 1 aliphatic rings. The monoisotopic (exact) mass is 210 g/mol. The molecular weight excluding hydrogens is 200 g/mol. The fourth-order valence-electron chi connectivity index (χ4n) is 1.34. The summed E-state index contributed by atoms with van der Waals surface area (Å²) in [5.74, 6) is -0.277. The summed E-state index contributed by atoms with van der Waals surface area (Å²) in [6.45, 7) is 0. The Balaban J connectivity index is 1.96. The average molecular weight is 211 g/mol. The minimum atomic E-state index is -0.277. The van der Waals surface area contributed by atoms with Crippen LogP contribution in [0.25, 0.3) is 0 Å². The molecule has 0 aliphatic heterocycles. The largest absolute Gasteiger partial charge is 0.457 e. The van der Waals surface area contributed by atoms with E-state index in [1.54, 1.807) is 12.1 Å². The summed E-state index contributed by atoms with van der Waals surface area (Å²) < 4.78 is 5.21. The van der Waals surface area contributed by atoms with Gasteiger partial charge in [0.2, 0.25) is 0 Å². The zero-order valence-corrected chi connectivity index (χ0v) is 8.41. The Labute approximate surface area is 87.8 Å². The van der Waals surface area contributed by atoms with Crippen molar-refractivity contribution < 1.29 is 9.53 Å². The maximum absolute atomic E-state index is 11.5. The van der Waals surface area contributed by atoms with Crippen molar-refractivity contribution in [1.82, 2.24) is 0 Å². The topological polar surface area (TPSA) is 26.3 Å². The molecule has 2 nitrogen and oxygen atoms in total. The van der Waals surface area contributed by atoms with Crippen LogP contribution in [0, 0.1) is 0 Å². The molecule has 0 radical (unpaired) electrons. The molecule has 14 heavy (non-hydrogen) atoms. The van der Waals surface area contributed by atoms with Gasteiger partial charge >= 0.3 is 5.97 Å². The summed E-state index contributed by atoms with van der Waals surface area (Å²) in [5.41, 5.74) is 0.586. The van der Waals surface area contributed by atoms with Gasteiger partial charge < -0.3 is 4.74 Å². The lowest BCUT2D eigenvalue weighted by Crippen LogP contribution is -2.36. The molecule has 0 heterocycles. The van der Waals surface area contributed by atoms with Crippen LogP contribution in [-0.4, -0.2) is 17.5 Å². The molecule has 0 saturated heterocycles. The standard InChI is InChI=1S/C11H11ClO2/c12-9-6-7-10(9)14-11(13)8-4-2-1-3-5-8/h1-5,9-10H,6-7H2. The van der Waals surface area contributed by atoms with Gasteiger partial charge in [-0.25, -0.2) is 4.79 Å². The van der Waals surface area contributed by atoms with Gasteiger partial charge in [-0.3, -0.25) is 0 Å². The second kappa shape index (κ2) is 4.01. The minimum absolute atomic E-state index is 0.00247. The first-order valence-corrected chi connectivity index (χ1v) is 5.11. The lowest BCUT2D eigenvalue weighted by atomic mass is 9.95. The molecule has 74 valence electrons. The van der Waals surface area contributed by atoms with Crippen molar-refractivity contribution >= 4 is 17.6 Å². The zero-order chi connectivity index (χ0) is 9.97. The molecule has 2 unspecified atom stereocenters. The normalized spacial score (nSPS) is 25.2. The van der Waals surface area contributed by atoms with Crippen LogP contribution in [0.3, 0.4) is 0 Å². The Morgan fingerprint density at radius 1 is 1.29 bits per heavy atom. The molecular formula is C11H11ClO2. The van der Waals surface area contributed by atoms with Gasteiger partial charge in [0.15, 0.2) is 0 Å². The van der Waals surface area contributed by atoms with Gasteiger partial charge in [0.05, 0.1) is 10.9 Å². The van der Waals surface area contributed by atoms with E-state index in [4.69, 9.17) is 16.3 Å². The Hall–Kier alpha value is -1.02. The fourth-order valence-corrected chi connectivity index (χ4v) is 1.64. The van der Waals surface area contributed by atoms with Gasteiger partial charge in [-0.1, -0.05) is 18.2 Å². The Kier molecular flexibility index (Phi) is 2.73. The summed E-state index contributed by atoms with van der Waals surface area (Å²) in [6.07, 6.45) is 1.73. The van der Waals surface area contributed by atoms with Crippen molar-refractivity contribution in [3.05, 3.63) is 35.9 Å². The molecule has 1 saturated carbocycles.